The van der Waals surface area contributed by atoms with E-state index in [1.807, 2.05) is 48.5 Å². The van der Waals surface area contributed by atoms with Crippen molar-refractivity contribution in [2.75, 3.05) is 52.9 Å². The average Bonchev–Trinajstić information content (AvgIpc) is 4.32. The number of aliphatic hydroxyl groups is 2. The van der Waals surface area contributed by atoms with Crippen LogP contribution in [0.3, 0.4) is 0 Å². The van der Waals surface area contributed by atoms with Gasteiger partial charge >= 0.3 is 0 Å². The van der Waals surface area contributed by atoms with E-state index in [0.29, 0.717) is 36.2 Å². The Kier molecular flexibility index (Phi) is 25.1. The first-order chi connectivity index (χ1) is 37.3. The number of ether oxygens (including phenoxy) is 8. The molecule has 6 aromatic carbocycles. The summed E-state index contributed by atoms with van der Waals surface area (Å²) in [6.07, 6.45) is -0.396. The van der Waals surface area contributed by atoms with Gasteiger partial charge in [0.2, 0.25) is 0 Å². The van der Waals surface area contributed by atoms with Gasteiger partial charge in [-0.05, 0) is 298 Å². The van der Waals surface area contributed by atoms with Crippen LogP contribution >= 0.6 is 207 Å². The SMILES string of the molecule is CC(C)(c1cc(Br)c(OCC(O)COc2c(Br)cc(Br)cc2Br)c(Br)c1)c1cc(Br)c(OCC2CO2)c(Br)c1.CCc1cc(Br)c(OCC(O)COc2c(Br)cc(C(C)(C)c3cc(Br)c(OCC4CO4)c(Br)c3)cc2Br)c(Br)c1. The lowest BCUT2D eigenvalue weighted by Gasteiger charge is -2.28. The topological polar surface area (TPSA) is 121 Å². The number of epoxide rings is 2. The molecule has 8 rings (SSSR count). The van der Waals surface area contributed by atoms with Gasteiger partial charge in [-0.2, -0.15) is 0 Å². The smallest absolute Gasteiger partial charge is 0.147 e. The highest BCUT2D eigenvalue weighted by Gasteiger charge is 2.31. The Balaban J connectivity index is 0.000000229. The molecule has 2 N–H and O–H groups in total. The van der Waals surface area contributed by atoms with E-state index in [4.69, 9.17) is 37.9 Å². The van der Waals surface area contributed by atoms with Crippen LogP contribution in [-0.2, 0) is 26.7 Å². The second kappa shape index (κ2) is 29.7. The van der Waals surface area contributed by atoms with Gasteiger partial charge in [0, 0.05) is 15.3 Å². The van der Waals surface area contributed by atoms with Gasteiger partial charge in [0.15, 0.2) is 0 Å². The van der Waals surface area contributed by atoms with E-state index in [0.717, 1.165) is 112 Å². The van der Waals surface area contributed by atoms with Gasteiger partial charge in [-0.1, -0.05) is 50.5 Å². The summed E-state index contributed by atoms with van der Waals surface area (Å²) >= 11 is 46.9. The fourth-order valence-electron chi connectivity index (χ4n) is 7.68. The van der Waals surface area contributed by atoms with E-state index >= 15 is 0 Å². The van der Waals surface area contributed by atoms with Crippen LogP contribution in [0.2, 0.25) is 0 Å². The van der Waals surface area contributed by atoms with Gasteiger partial charge in [0.1, 0.15) is 98.6 Å². The number of hydrogen-bond acceptors (Lipinski definition) is 10. The summed E-state index contributed by atoms with van der Waals surface area (Å²) in [5, 5.41) is 21.1. The number of halogens is 13. The Morgan fingerprint density at radius 3 is 0.835 bits per heavy atom. The predicted octanol–water partition coefficient (Wildman–Crippen LogP) is 19.7. The molecule has 2 fully saturated rings. The van der Waals surface area contributed by atoms with Crippen molar-refractivity contribution in [1.82, 2.24) is 0 Å². The van der Waals surface area contributed by atoms with E-state index in [9.17, 15) is 10.2 Å². The molecule has 0 spiro atoms. The maximum absolute atomic E-state index is 10.6. The third-order valence-electron chi connectivity index (χ3n) is 12.6. The van der Waals surface area contributed by atoms with E-state index in [2.05, 4.69) is 266 Å². The highest BCUT2D eigenvalue weighted by Crippen LogP contribution is 2.47. The van der Waals surface area contributed by atoms with Crippen LogP contribution in [0.1, 0.15) is 62.4 Å². The first-order valence-electron chi connectivity index (χ1n) is 24.2. The van der Waals surface area contributed by atoms with Gasteiger partial charge < -0.3 is 48.1 Å². The Morgan fingerprint density at radius 2 is 0.608 bits per heavy atom. The van der Waals surface area contributed by atoms with Crippen molar-refractivity contribution in [2.45, 2.75) is 76.3 Å². The molecule has 0 amide bonds. The fraction of sp³-hybridized carbons (Fsp3) is 0.357. The standard InChI is InChI=1S/C29H28Br6O5.C27H23Br7O5/c1-4-15-5-20(30)26(21(31)6-15)38-11-18(36)12-39-27-22(32)7-16(8-23(27)33)29(2,3)17-9-24(34)28(25(35)10-17)40-14-19-13-37-19;1-27(2,14-5-20(31)25(21(32)6-14)39-12-17-11-36-17)13-3-18(29)24(19(30)4-13)37-9-16(35)10-38-26-22(33)7-15(28)8-23(26)34/h5-10,18-19,36H,4,11-14H2,1-3H3;3-8,16-17,35H,9-12H2,1-2H3. The van der Waals surface area contributed by atoms with Crippen molar-refractivity contribution in [3.8, 4) is 34.5 Å². The van der Waals surface area contributed by atoms with Crippen molar-refractivity contribution >= 4 is 207 Å². The van der Waals surface area contributed by atoms with Gasteiger partial charge in [0.05, 0.1) is 66.9 Å². The lowest BCUT2D eigenvalue weighted by molar-refractivity contribution is 0.0615. The molecule has 2 heterocycles. The first-order valence-corrected chi connectivity index (χ1v) is 34.5. The summed E-state index contributed by atoms with van der Waals surface area (Å²) in [4.78, 5) is 0. The van der Waals surface area contributed by atoms with Crippen molar-refractivity contribution in [2.24, 2.45) is 0 Å². The minimum atomic E-state index is -0.843. The molecule has 0 aromatic heterocycles. The van der Waals surface area contributed by atoms with Gasteiger partial charge in [-0.15, -0.1) is 0 Å². The summed E-state index contributed by atoms with van der Waals surface area (Å²) in [6.45, 7) is 13.6. The van der Waals surface area contributed by atoms with Crippen molar-refractivity contribution < 1.29 is 48.1 Å². The molecule has 0 radical (unpaired) electrons. The molecule has 4 atom stereocenters. The third-order valence-corrected chi connectivity index (χ3v) is 20.1. The molecule has 10 nitrogen and oxygen atoms in total. The Morgan fingerprint density at radius 1 is 0.392 bits per heavy atom. The van der Waals surface area contributed by atoms with E-state index in [-0.39, 0.29) is 49.5 Å². The molecule has 0 aliphatic carbocycles. The highest BCUT2D eigenvalue weighted by molar-refractivity contribution is 9.13. The zero-order valence-corrected chi connectivity index (χ0v) is 63.3. The zero-order chi connectivity index (χ0) is 57.7. The summed E-state index contributed by atoms with van der Waals surface area (Å²) < 4.78 is 56.8. The molecule has 2 aliphatic heterocycles. The van der Waals surface area contributed by atoms with Crippen molar-refractivity contribution in [1.29, 1.82) is 0 Å². The zero-order valence-electron chi connectivity index (χ0n) is 42.7. The van der Waals surface area contributed by atoms with Gasteiger partial charge in [-0.25, -0.2) is 0 Å². The Bertz CT molecular complexity index is 3010. The van der Waals surface area contributed by atoms with Crippen molar-refractivity contribution in [3.63, 3.8) is 0 Å². The lowest BCUT2D eigenvalue weighted by atomic mass is 9.78. The van der Waals surface area contributed by atoms with E-state index in [1.54, 1.807) is 0 Å². The normalized spacial score (nSPS) is 15.6. The maximum atomic E-state index is 10.6. The third kappa shape index (κ3) is 18.1. The van der Waals surface area contributed by atoms with E-state index < -0.39 is 12.2 Å². The van der Waals surface area contributed by atoms with Crippen LogP contribution in [0.5, 0.6) is 34.5 Å². The molecule has 426 valence electrons. The number of aryl methyl sites for hydroxylation is 1. The fourth-order valence-corrected chi connectivity index (χ4v) is 17.3. The van der Waals surface area contributed by atoms with Crippen molar-refractivity contribution in [3.05, 3.63) is 159 Å². The summed E-state index contributed by atoms with van der Waals surface area (Å²) in [5.74, 6) is 4.01. The summed E-state index contributed by atoms with van der Waals surface area (Å²) in [7, 11) is 0. The van der Waals surface area contributed by atoms with Crippen LogP contribution in [0, 0.1) is 0 Å². The molecule has 2 aliphatic rings. The minimum absolute atomic E-state index is 0.0545. The average molecular weight is 1920 g/mol. The largest absolute Gasteiger partial charge is 0.488 e. The second-order valence-corrected chi connectivity index (χ2v) is 30.5. The molecule has 23 heteroatoms. The van der Waals surface area contributed by atoms with Crippen LogP contribution in [-0.4, -0.2) is 87.5 Å². The van der Waals surface area contributed by atoms with Gasteiger partial charge in [-0.3, -0.25) is 0 Å². The van der Waals surface area contributed by atoms with E-state index in [1.165, 1.54) is 5.56 Å². The van der Waals surface area contributed by atoms with Crippen LogP contribution in [0.15, 0.2) is 131 Å². The molecule has 0 bridgehead atoms. The maximum Gasteiger partial charge on any atom is 0.147 e. The summed E-state index contributed by atoms with van der Waals surface area (Å²) in [6, 6.07) is 24.3. The molecular weight excluding hydrogens is 1870 g/mol. The molecule has 0 saturated carbocycles. The Hall–Kier alpha value is 0.200. The molecule has 6 aromatic rings. The van der Waals surface area contributed by atoms with Crippen LogP contribution in [0.4, 0.5) is 0 Å². The molecular formula is C56H51Br13O10. The Labute approximate surface area is 570 Å². The predicted molar refractivity (Wildman–Crippen MR) is 357 cm³/mol. The monoisotopic (exact) mass is 1910 g/mol. The first kappa shape index (κ1) is 66.7. The number of benzene rings is 6. The molecule has 79 heavy (non-hydrogen) atoms. The summed E-state index contributed by atoms with van der Waals surface area (Å²) in [5.41, 5.74) is 4.85. The van der Waals surface area contributed by atoms with Crippen LogP contribution < -0.4 is 28.4 Å². The quantitative estimate of drug-likeness (QED) is 0.0600. The molecule has 2 saturated heterocycles. The highest BCUT2D eigenvalue weighted by atomic mass is 79.9. The van der Waals surface area contributed by atoms with Crippen LogP contribution in [0.25, 0.3) is 0 Å². The number of aliphatic hydroxyl groups excluding tert-OH is 2. The minimum Gasteiger partial charge on any atom is -0.488 e. The second-order valence-electron chi connectivity index (χ2n) is 19.4. The number of rotatable bonds is 23. The van der Waals surface area contributed by atoms with Gasteiger partial charge in [0.25, 0.3) is 0 Å². The molecule has 4 unspecified atom stereocenters. The number of hydrogen-bond donors (Lipinski definition) is 2. The lowest BCUT2D eigenvalue weighted by Crippen LogP contribution is -2.25.